The van der Waals surface area contributed by atoms with Crippen LogP contribution in [0.15, 0.2) is 48.9 Å². The molecule has 3 rings (SSSR count). The zero-order valence-electron chi connectivity index (χ0n) is 13.8. The number of rotatable bonds is 6. The highest BCUT2D eigenvalue weighted by atomic mass is 19.1. The molecule has 1 aliphatic rings. The van der Waals surface area contributed by atoms with Gasteiger partial charge in [0, 0.05) is 36.4 Å². The molecule has 2 aromatic heterocycles. The van der Waals surface area contributed by atoms with Crippen LogP contribution in [0.4, 0.5) is 15.9 Å². The van der Waals surface area contributed by atoms with Gasteiger partial charge in [-0.25, -0.2) is 9.37 Å². The van der Waals surface area contributed by atoms with Gasteiger partial charge in [-0.3, -0.25) is 4.98 Å². The van der Waals surface area contributed by atoms with Crippen LogP contribution in [0, 0.1) is 5.41 Å². The highest BCUT2D eigenvalue weighted by Crippen LogP contribution is 2.20. The third-order valence-corrected chi connectivity index (χ3v) is 4.01. The van der Waals surface area contributed by atoms with Gasteiger partial charge in [0.1, 0.15) is 12.0 Å². The Kier molecular flexibility index (Phi) is 5.23. The van der Waals surface area contributed by atoms with Gasteiger partial charge in [0.2, 0.25) is 0 Å². The van der Waals surface area contributed by atoms with E-state index in [9.17, 15) is 4.39 Å². The summed E-state index contributed by atoms with van der Waals surface area (Å²) in [7, 11) is 0. The van der Waals surface area contributed by atoms with Crippen molar-refractivity contribution < 1.29 is 4.39 Å². The SMILES string of the molecule is N=C(/C=C(\N)c1ccc(N2CC[C@H](F)C2)nc1)CNc1cccnc1. The largest absolute Gasteiger partial charge is 0.398 e. The van der Waals surface area contributed by atoms with E-state index in [1.807, 2.05) is 29.2 Å². The first kappa shape index (κ1) is 16.9. The number of aromatic nitrogens is 2. The van der Waals surface area contributed by atoms with Gasteiger partial charge in [-0.2, -0.15) is 0 Å². The minimum Gasteiger partial charge on any atom is -0.398 e. The first-order valence-electron chi connectivity index (χ1n) is 8.16. The van der Waals surface area contributed by atoms with Crippen molar-refractivity contribution in [1.29, 1.82) is 5.41 Å². The van der Waals surface area contributed by atoms with Gasteiger partial charge in [-0.15, -0.1) is 0 Å². The fourth-order valence-corrected chi connectivity index (χ4v) is 2.66. The number of hydrogen-bond donors (Lipinski definition) is 3. The lowest BCUT2D eigenvalue weighted by molar-refractivity contribution is 0.364. The minimum atomic E-state index is -0.778. The lowest BCUT2D eigenvalue weighted by Gasteiger charge is -2.16. The van der Waals surface area contributed by atoms with Crippen LogP contribution in [-0.4, -0.2) is 41.5 Å². The summed E-state index contributed by atoms with van der Waals surface area (Å²) in [5.41, 5.74) is 8.47. The predicted molar refractivity (Wildman–Crippen MR) is 98.6 cm³/mol. The van der Waals surface area contributed by atoms with E-state index in [-0.39, 0.29) is 0 Å². The molecule has 1 saturated heterocycles. The van der Waals surface area contributed by atoms with Crippen molar-refractivity contribution in [3.63, 3.8) is 0 Å². The average Bonchev–Trinajstić information content (AvgIpc) is 3.07. The van der Waals surface area contributed by atoms with Crippen LogP contribution in [0.5, 0.6) is 0 Å². The molecule has 1 aliphatic heterocycles. The highest BCUT2D eigenvalue weighted by Gasteiger charge is 2.22. The topological polar surface area (TPSA) is 90.9 Å². The molecule has 0 aromatic carbocycles. The molecule has 6 nitrogen and oxygen atoms in total. The van der Waals surface area contributed by atoms with E-state index in [1.165, 1.54) is 0 Å². The molecular weight excluding hydrogens is 319 g/mol. The van der Waals surface area contributed by atoms with Crippen LogP contribution in [-0.2, 0) is 0 Å². The Bertz CT molecular complexity index is 744. The molecule has 0 bridgehead atoms. The van der Waals surface area contributed by atoms with Crippen molar-refractivity contribution in [2.24, 2.45) is 5.73 Å². The van der Waals surface area contributed by atoms with Gasteiger partial charge < -0.3 is 21.4 Å². The third kappa shape index (κ3) is 4.53. The smallest absolute Gasteiger partial charge is 0.128 e. The summed E-state index contributed by atoms with van der Waals surface area (Å²) >= 11 is 0. The highest BCUT2D eigenvalue weighted by molar-refractivity contribution is 6.00. The maximum absolute atomic E-state index is 13.3. The summed E-state index contributed by atoms with van der Waals surface area (Å²) in [6, 6.07) is 7.40. The fourth-order valence-electron chi connectivity index (χ4n) is 2.66. The maximum atomic E-state index is 13.3. The minimum absolute atomic E-state index is 0.351. The Morgan fingerprint density at radius 2 is 2.28 bits per heavy atom. The zero-order chi connectivity index (χ0) is 17.6. The predicted octanol–water partition coefficient (Wildman–Crippen LogP) is 2.46. The van der Waals surface area contributed by atoms with E-state index in [1.54, 1.807) is 24.7 Å². The van der Waals surface area contributed by atoms with E-state index in [2.05, 4.69) is 15.3 Å². The summed E-state index contributed by atoms with van der Waals surface area (Å²) < 4.78 is 13.3. The quantitative estimate of drug-likeness (QED) is 0.703. The molecule has 25 heavy (non-hydrogen) atoms. The van der Waals surface area contributed by atoms with Crippen LogP contribution in [0.1, 0.15) is 12.0 Å². The van der Waals surface area contributed by atoms with Gasteiger partial charge in [0.05, 0.1) is 24.5 Å². The first-order chi connectivity index (χ1) is 12.1. The van der Waals surface area contributed by atoms with Crippen molar-refractivity contribution in [3.05, 3.63) is 54.5 Å². The monoisotopic (exact) mass is 340 g/mol. The summed E-state index contributed by atoms with van der Waals surface area (Å²) in [5, 5.41) is 11.1. The molecule has 0 saturated carbocycles. The molecule has 0 unspecified atom stereocenters. The Morgan fingerprint density at radius 3 is 2.92 bits per heavy atom. The van der Waals surface area contributed by atoms with E-state index < -0.39 is 6.17 Å². The molecule has 3 heterocycles. The Balaban J connectivity index is 1.58. The van der Waals surface area contributed by atoms with Crippen molar-refractivity contribution >= 4 is 22.9 Å². The average molecular weight is 340 g/mol. The number of pyridine rings is 2. The summed E-state index contributed by atoms with van der Waals surface area (Å²) in [6.07, 6.45) is 6.43. The number of anilines is 2. The van der Waals surface area contributed by atoms with E-state index in [0.717, 1.165) is 17.1 Å². The molecular formula is C18H21FN6. The molecule has 0 aliphatic carbocycles. The molecule has 130 valence electrons. The second-order valence-corrected chi connectivity index (χ2v) is 5.96. The second-order valence-electron chi connectivity index (χ2n) is 5.96. The van der Waals surface area contributed by atoms with E-state index >= 15 is 0 Å². The van der Waals surface area contributed by atoms with Gasteiger partial charge in [0.25, 0.3) is 0 Å². The van der Waals surface area contributed by atoms with Crippen molar-refractivity contribution in [2.45, 2.75) is 12.6 Å². The lowest BCUT2D eigenvalue weighted by atomic mass is 10.1. The summed E-state index contributed by atoms with van der Waals surface area (Å²) in [6.45, 7) is 1.43. The first-order valence-corrected chi connectivity index (χ1v) is 8.16. The molecule has 0 radical (unpaired) electrons. The molecule has 7 heteroatoms. The zero-order valence-corrected chi connectivity index (χ0v) is 13.8. The summed E-state index contributed by atoms with van der Waals surface area (Å²) in [5.74, 6) is 0.755. The molecule has 2 aromatic rings. The van der Waals surface area contributed by atoms with E-state index in [0.29, 0.717) is 37.5 Å². The van der Waals surface area contributed by atoms with Gasteiger partial charge in [-0.1, -0.05) is 0 Å². The van der Waals surface area contributed by atoms with Crippen LogP contribution in [0.3, 0.4) is 0 Å². The van der Waals surface area contributed by atoms with Crippen molar-refractivity contribution in [1.82, 2.24) is 9.97 Å². The molecule has 0 spiro atoms. The number of halogens is 1. The Morgan fingerprint density at radius 1 is 1.40 bits per heavy atom. The molecule has 0 amide bonds. The van der Waals surface area contributed by atoms with Gasteiger partial charge in [-0.05, 0) is 36.8 Å². The van der Waals surface area contributed by atoms with E-state index in [4.69, 9.17) is 11.1 Å². The number of nitrogens with one attached hydrogen (secondary N) is 2. The summed E-state index contributed by atoms with van der Waals surface area (Å²) in [4.78, 5) is 10.3. The van der Waals surface area contributed by atoms with Gasteiger partial charge in [0.15, 0.2) is 0 Å². The number of hydrogen-bond acceptors (Lipinski definition) is 6. The molecule has 4 N–H and O–H groups in total. The van der Waals surface area contributed by atoms with Crippen LogP contribution in [0.2, 0.25) is 0 Å². The Labute approximate surface area is 146 Å². The molecule has 1 atom stereocenters. The van der Waals surface area contributed by atoms with Gasteiger partial charge >= 0.3 is 0 Å². The number of alkyl halides is 1. The lowest BCUT2D eigenvalue weighted by Crippen LogP contribution is -2.21. The van der Waals surface area contributed by atoms with Crippen LogP contribution in [0.25, 0.3) is 5.70 Å². The second kappa shape index (κ2) is 7.74. The van der Waals surface area contributed by atoms with Crippen LogP contribution < -0.4 is 16.0 Å². The fraction of sp³-hybridized carbons (Fsp3) is 0.278. The Hall–Kier alpha value is -2.96. The number of nitrogens with two attached hydrogens (primary N) is 1. The third-order valence-electron chi connectivity index (χ3n) is 4.01. The van der Waals surface area contributed by atoms with Crippen LogP contribution >= 0.6 is 0 Å². The maximum Gasteiger partial charge on any atom is 0.128 e. The van der Waals surface area contributed by atoms with Crippen molar-refractivity contribution in [3.8, 4) is 0 Å². The normalized spacial score (nSPS) is 17.6. The molecule has 1 fully saturated rings. The van der Waals surface area contributed by atoms with Crippen molar-refractivity contribution in [2.75, 3.05) is 29.9 Å². The number of nitrogens with zero attached hydrogens (tertiary/aromatic N) is 3. The standard InChI is InChI=1S/C18H21FN6/c19-14-5-7-25(12-14)18-4-3-13(9-24-18)17(21)8-15(20)10-23-16-2-1-6-22-11-16/h1-4,6,8-9,11,14,20,23H,5,7,10,12,21H2/b17-8-,20-15?/t14-/m0/s1.